The van der Waals surface area contributed by atoms with Crippen molar-refractivity contribution in [2.24, 2.45) is 23.7 Å². The number of carbonyl (C=O) groups excluding carboxylic acids is 2. The molecular weight excluding hydrogens is 304 g/mol. The summed E-state index contributed by atoms with van der Waals surface area (Å²) in [5.74, 6) is 0.225. The zero-order valence-electron chi connectivity index (χ0n) is 13.4. The molecule has 0 aromatic heterocycles. The highest BCUT2D eigenvalue weighted by atomic mass is 16.5. The van der Waals surface area contributed by atoms with Gasteiger partial charge in [-0.25, -0.2) is 0 Å². The second-order valence-corrected chi connectivity index (χ2v) is 7.13. The van der Waals surface area contributed by atoms with Crippen molar-refractivity contribution in [2.75, 3.05) is 36.1 Å². The summed E-state index contributed by atoms with van der Waals surface area (Å²) in [4.78, 5) is 29.3. The van der Waals surface area contributed by atoms with Crippen LogP contribution in [0.5, 0.6) is 0 Å². The fourth-order valence-corrected chi connectivity index (χ4v) is 4.79. The fourth-order valence-electron chi connectivity index (χ4n) is 4.79. The molecule has 5 heteroatoms. The molecule has 2 aliphatic heterocycles. The van der Waals surface area contributed by atoms with Crippen LogP contribution >= 0.6 is 0 Å². The van der Waals surface area contributed by atoms with Crippen molar-refractivity contribution in [3.63, 3.8) is 0 Å². The Balaban J connectivity index is 1.41. The number of fused-ring (bicyclic) bond motifs is 5. The lowest BCUT2D eigenvalue weighted by atomic mass is 9.85. The van der Waals surface area contributed by atoms with E-state index < -0.39 is 0 Å². The van der Waals surface area contributed by atoms with E-state index in [1.165, 1.54) is 4.90 Å². The number of imide groups is 1. The molecular formula is C19H20N2O3. The van der Waals surface area contributed by atoms with Crippen molar-refractivity contribution >= 4 is 23.2 Å². The summed E-state index contributed by atoms with van der Waals surface area (Å²) in [6.07, 6.45) is 5.22. The third-order valence-corrected chi connectivity index (χ3v) is 5.95. The van der Waals surface area contributed by atoms with Gasteiger partial charge in [-0.2, -0.15) is 0 Å². The first kappa shape index (κ1) is 14.2. The Labute approximate surface area is 140 Å². The third kappa shape index (κ3) is 1.91. The van der Waals surface area contributed by atoms with Crippen molar-refractivity contribution in [1.82, 2.24) is 0 Å². The summed E-state index contributed by atoms with van der Waals surface area (Å²) >= 11 is 0. The molecule has 1 saturated carbocycles. The number of ether oxygens (including phenoxy) is 1. The Kier molecular flexibility index (Phi) is 3.07. The number of anilines is 2. The molecule has 2 saturated heterocycles. The maximum atomic E-state index is 12.8. The van der Waals surface area contributed by atoms with E-state index in [9.17, 15) is 9.59 Å². The molecule has 124 valence electrons. The average molecular weight is 324 g/mol. The van der Waals surface area contributed by atoms with Gasteiger partial charge in [0.2, 0.25) is 11.8 Å². The van der Waals surface area contributed by atoms with Gasteiger partial charge in [-0.3, -0.25) is 14.5 Å². The Morgan fingerprint density at radius 2 is 1.38 bits per heavy atom. The van der Waals surface area contributed by atoms with Crippen molar-refractivity contribution in [3.05, 3.63) is 36.4 Å². The van der Waals surface area contributed by atoms with Crippen molar-refractivity contribution in [1.29, 1.82) is 0 Å². The molecule has 0 radical (unpaired) electrons. The highest BCUT2D eigenvalue weighted by molar-refractivity contribution is 6.22. The van der Waals surface area contributed by atoms with E-state index in [2.05, 4.69) is 17.1 Å². The molecule has 2 bridgehead atoms. The van der Waals surface area contributed by atoms with Gasteiger partial charge in [0.1, 0.15) is 0 Å². The van der Waals surface area contributed by atoms with Crippen LogP contribution in [0.4, 0.5) is 11.4 Å². The number of benzene rings is 1. The van der Waals surface area contributed by atoms with Crippen LogP contribution in [0, 0.1) is 23.7 Å². The van der Waals surface area contributed by atoms with Gasteiger partial charge in [0.25, 0.3) is 0 Å². The lowest BCUT2D eigenvalue weighted by molar-refractivity contribution is -0.123. The first-order chi connectivity index (χ1) is 11.7. The minimum atomic E-state index is -0.133. The van der Waals surface area contributed by atoms with Crippen molar-refractivity contribution < 1.29 is 14.3 Å². The van der Waals surface area contributed by atoms with Crippen LogP contribution in [-0.2, 0) is 14.3 Å². The quantitative estimate of drug-likeness (QED) is 0.615. The highest BCUT2D eigenvalue weighted by Gasteiger charge is 2.59. The lowest BCUT2D eigenvalue weighted by Gasteiger charge is -2.29. The molecule has 0 spiro atoms. The molecule has 1 aromatic carbocycles. The van der Waals surface area contributed by atoms with Crippen molar-refractivity contribution in [2.45, 2.75) is 6.42 Å². The van der Waals surface area contributed by atoms with E-state index >= 15 is 0 Å². The SMILES string of the molecule is O=C1C2C3C=CC(C3)C2C(=O)N1c1ccc(N2CCOCC2)cc1. The van der Waals surface area contributed by atoms with E-state index in [0.717, 1.165) is 38.4 Å². The van der Waals surface area contributed by atoms with E-state index in [0.29, 0.717) is 5.69 Å². The molecule has 4 atom stereocenters. The summed E-state index contributed by atoms with van der Waals surface area (Å²) in [7, 11) is 0. The minimum Gasteiger partial charge on any atom is -0.378 e. The molecule has 5 rings (SSSR count). The molecule has 4 aliphatic rings. The van der Waals surface area contributed by atoms with Crippen LogP contribution in [0.3, 0.4) is 0 Å². The molecule has 2 heterocycles. The normalized spacial score (nSPS) is 34.3. The molecule has 2 amide bonds. The number of nitrogens with zero attached hydrogens (tertiary/aromatic N) is 2. The van der Waals surface area contributed by atoms with Crippen LogP contribution in [0.1, 0.15) is 6.42 Å². The number of morpholine rings is 1. The van der Waals surface area contributed by atoms with E-state index in [1.807, 2.05) is 24.3 Å². The first-order valence-corrected chi connectivity index (χ1v) is 8.73. The van der Waals surface area contributed by atoms with Crippen LogP contribution in [-0.4, -0.2) is 38.1 Å². The second kappa shape index (κ2) is 5.18. The molecule has 0 N–H and O–H groups in total. The van der Waals surface area contributed by atoms with Gasteiger partial charge in [0.05, 0.1) is 30.7 Å². The van der Waals surface area contributed by atoms with Crippen LogP contribution < -0.4 is 9.80 Å². The summed E-state index contributed by atoms with van der Waals surface area (Å²) in [5, 5.41) is 0. The topological polar surface area (TPSA) is 49.9 Å². The highest BCUT2D eigenvalue weighted by Crippen LogP contribution is 2.53. The Bertz CT molecular complexity index is 691. The predicted molar refractivity (Wildman–Crippen MR) is 89.7 cm³/mol. The van der Waals surface area contributed by atoms with Gasteiger partial charge in [-0.15, -0.1) is 0 Å². The van der Waals surface area contributed by atoms with Crippen LogP contribution in [0.2, 0.25) is 0 Å². The van der Waals surface area contributed by atoms with Crippen LogP contribution in [0.15, 0.2) is 36.4 Å². The van der Waals surface area contributed by atoms with Gasteiger partial charge in [-0.05, 0) is 42.5 Å². The Morgan fingerprint density at radius 1 is 0.833 bits per heavy atom. The minimum absolute atomic E-state index is 0.0130. The maximum absolute atomic E-state index is 12.8. The molecule has 5 nitrogen and oxygen atoms in total. The number of allylic oxidation sites excluding steroid dienone is 2. The number of amides is 2. The molecule has 1 aromatic rings. The number of rotatable bonds is 2. The number of hydrogen-bond donors (Lipinski definition) is 0. The van der Waals surface area contributed by atoms with E-state index in [4.69, 9.17) is 4.74 Å². The van der Waals surface area contributed by atoms with Crippen molar-refractivity contribution in [3.8, 4) is 0 Å². The largest absolute Gasteiger partial charge is 0.378 e. The summed E-state index contributed by atoms with van der Waals surface area (Å²) in [5.41, 5.74) is 1.82. The van der Waals surface area contributed by atoms with Gasteiger partial charge in [0, 0.05) is 18.8 Å². The second-order valence-electron chi connectivity index (χ2n) is 7.13. The molecule has 4 unspecified atom stereocenters. The van der Waals surface area contributed by atoms with Crippen LogP contribution in [0.25, 0.3) is 0 Å². The Hall–Kier alpha value is -2.14. The molecule has 3 fully saturated rings. The van der Waals surface area contributed by atoms with E-state index in [1.54, 1.807) is 0 Å². The average Bonchev–Trinajstić information content (AvgIpc) is 3.30. The molecule has 24 heavy (non-hydrogen) atoms. The summed E-state index contributed by atoms with van der Waals surface area (Å²) in [6.45, 7) is 3.23. The standard InChI is InChI=1S/C19H20N2O3/c22-18-16-12-1-2-13(11-12)17(16)19(23)21(18)15-5-3-14(4-6-15)20-7-9-24-10-8-20/h1-6,12-13,16-17H,7-11H2. The number of hydrogen-bond acceptors (Lipinski definition) is 4. The first-order valence-electron chi connectivity index (χ1n) is 8.73. The lowest BCUT2D eigenvalue weighted by Crippen LogP contribution is -2.36. The van der Waals surface area contributed by atoms with Gasteiger partial charge in [-0.1, -0.05) is 12.2 Å². The van der Waals surface area contributed by atoms with Gasteiger partial charge >= 0.3 is 0 Å². The maximum Gasteiger partial charge on any atom is 0.238 e. The number of carbonyl (C=O) groups is 2. The summed E-state index contributed by atoms with van der Waals surface area (Å²) in [6, 6.07) is 7.80. The smallest absolute Gasteiger partial charge is 0.238 e. The predicted octanol–water partition coefficient (Wildman–Crippen LogP) is 1.83. The Morgan fingerprint density at radius 3 is 1.96 bits per heavy atom. The van der Waals surface area contributed by atoms with Gasteiger partial charge in [0.15, 0.2) is 0 Å². The zero-order chi connectivity index (χ0) is 16.3. The summed E-state index contributed by atoms with van der Waals surface area (Å²) < 4.78 is 5.38. The third-order valence-electron chi connectivity index (χ3n) is 5.95. The van der Waals surface area contributed by atoms with Gasteiger partial charge < -0.3 is 9.64 Å². The monoisotopic (exact) mass is 324 g/mol. The zero-order valence-corrected chi connectivity index (χ0v) is 13.4. The van der Waals surface area contributed by atoms with E-state index in [-0.39, 0.29) is 35.5 Å². The molecule has 2 aliphatic carbocycles. The fraction of sp³-hybridized carbons (Fsp3) is 0.474.